The lowest BCUT2D eigenvalue weighted by atomic mass is 10.2. The van der Waals surface area contributed by atoms with Gasteiger partial charge in [0.15, 0.2) is 0 Å². The quantitative estimate of drug-likeness (QED) is 0.569. The van der Waals surface area contributed by atoms with Crippen LogP contribution in [0, 0.1) is 0 Å². The number of carbonyl (C=O) groups is 1. The number of hydrogen-bond acceptors (Lipinski definition) is 2. The Hall–Kier alpha value is -0.640. The smallest absolute Gasteiger partial charge is 0.222 e. The molecule has 0 aromatic carbocycles. The van der Waals surface area contributed by atoms with Crippen molar-refractivity contribution in [3.63, 3.8) is 0 Å². The van der Waals surface area contributed by atoms with E-state index >= 15 is 0 Å². The number of amides is 1. The third-order valence-electron chi connectivity index (χ3n) is 1.89. The van der Waals surface area contributed by atoms with Crippen molar-refractivity contribution < 1.29 is 14.3 Å². The monoisotopic (exact) mass is 147 g/mol. The van der Waals surface area contributed by atoms with Gasteiger partial charge in [-0.15, -0.1) is 0 Å². The van der Waals surface area contributed by atoms with E-state index in [1.165, 1.54) is 4.90 Å². The first kappa shape index (κ1) is 7.47. The lowest BCUT2D eigenvalue weighted by Gasteiger charge is -2.16. The van der Waals surface area contributed by atoms with Crippen LogP contribution in [0.25, 0.3) is 0 Å². The van der Waals surface area contributed by atoms with Gasteiger partial charge in [0.2, 0.25) is 5.91 Å². The number of likely N-dealkylation sites (N-methyl/N-ethyl adjacent to an activating group) is 1. The fourth-order valence-electron chi connectivity index (χ4n) is 1.13. The summed E-state index contributed by atoms with van der Waals surface area (Å²) in [7, 11) is 1.67. The van der Waals surface area contributed by atoms with Crippen molar-refractivity contribution >= 4 is 5.91 Å². The largest absolute Gasteiger partial charge is 0.340 e. The molecular formula is C6H10FNO2. The van der Waals surface area contributed by atoms with Crippen molar-refractivity contribution in [2.75, 3.05) is 13.7 Å². The summed E-state index contributed by atoms with van der Waals surface area (Å²) in [4.78, 5) is 15.8. The van der Waals surface area contributed by atoms with Crippen LogP contribution in [0.2, 0.25) is 0 Å². The van der Waals surface area contributed by atoms with Gasteiger partial charge < -0.3 is 4.90 Å². The van der Waals surface area contributed by atoms with E-state index < -0.39 is 0 Å². The van der Waals surface area contributed by atoms with Crippen molar-refractivity contribution in [3.05, 3.63) is 0 Å². The molecule has 0 aromatic rings. The Balaban J connectivity index is 2.41. The van der Waals surface area contributed by atoms with Crippen LogP contribution in [-0.2, 0) is 9.74 Å². The summed E-state index contributed by atoms with van der Waals surface area (Å²) in [6.07, 6.45) is 1.23. The Morgan fingerprint density at radius 1 is 1.90 bits per heavy atom. The lowest BCUT2D eigenvalue weighted by molar-refractivity contribution is -0.150. The summed E-state index contributed by atoms with van der Waals surface area (Å²) in [5.41, 5.74) is 0. The van der Waals surface area contributed by atoms with Crippen LogP contribution in [0.3, 0.4) is 0 Å². The van der Waals surface area contributed by atoms with Crippen LogP contribution in [0.4, 0.5) is 4.53 Å². The van der Waals surface area contributed by atoms with Gasteiger partial charge in [0, 0.05) is 13.5 Å². The van der Waals surface area contributed by atoms with Crippen LogP contribution in [0.5, 0.6) is 0 Å². The summed E-state index contributed by atoms with van der Waals surface area (Å²) >= 11 is 0. The van der Waals surface area contributed by atoms with Gasteiger partial charge in [-0.3, -0.25) is 4.79 Å². The second-order valence-electron chi connectivity index (χ2n) is 2.47. The first-order chi connectivity index (χ1) is 4.75. The molecule has 4 heteroatoms. The molecule has 1 saturated heterocycles. The van der Waals surface area contributed by atoms with Gasteiger partial charge in [-0.25, -0.2) is 0 Å². The van der Waals surface area contributed by atoms with E-state index in [0.29, 0.717) is 12.8 Å². The summed E-state index contributed by atoms with van der Waals surface area (Å²) in [5.74, 6) is 0.0713. The Kier molecular flexibility index (Phi) is 2.21. The molecule has 3 nitrogen and oxygen atoms in total. The van der Waals surface area contributed by atoms with Gasteiger partial charge in [-0.05, 0) is 10.9 Å². The first-order valence-corrected chi connectivity index (χ1v) is 3.25. The maximum absolute atomic E-state index is 11.3. The van der Waals surface area contributed by atoms with E-state index in [9.17, 15) is 9.32 Å². The second-order valence-corrected chi connectivity index (χ2v) is 2.47. The van der Waals surface area contributed by atoms with E-state index in [1.807, 2.05) is 0 Å². The number of nitrogens with zero attached hydrogens (tertiary/aromatic N) is 1. The number of rotatable bonds is 2. The van der Waals surface area contributed by atoms with Crippen LogP contribution >= 0.6 is 0 Å². The molecule has 10 heavy (non-hydrogen) atoms. The molecule has 1 fully saturated rings. The van der Waals surface area contributed by atoms with Crippen molar-refractivity contribution in [2.45, 2.75) is 18.9 Å². The fourth-order valence-corrected chi connectivity index (χ4v) is 1.13. The Morgan fingerprint density at radius 2 is 2.60 bits per heavy atom. The summed E-state index contributed by atoms with van der Waals surface area (Å²) < 4.78 is 11.3. The normalized spacial score (nSPS) is 26.0. The molecule has 1 aliphatic rings. The average Bonchev–Trinajstić information content (AvgIpc) is 2.20. The molecule has 0 spiro atoms. The molecule has 58 valence electrons. The molecule has 0 unspecified atom stereocenters. The molecule has 0 aliphatic carbocycles. The van der Waals surface area contributed by atoms with Crippen LogP contribution < -0.4 is 0 Å². The second kappa shape index (κ2) is 2.96. The zero-order valence-corrected chi connectivity index (χ0v) is 5.84. The molecule has 0 radical (unpaired) electrons. The molecular weight excluding hydrogens is 137 g/mol. The molecule has 1 atom stereocenters. The molecule has 1 amide bonds. The average molecular weight is 147 g/mol. The standard InChI is InChI=1S/C6H10FNO2/c1-8-5(4-10-7)2-3-6(8)9/h5H,2-4H2,1H3/t5-/m0/s1. The van der Waals surface area contributed by atoms with Gasteiger partial charge in [0.25, 0.3) is 0 Å². The molecule has 0 aromatic heterocycles. The molecule has 1 heterocycles. The van der Waals surface area contributed by atoms with Gasteiger partial charge in [-0.1, -0.05) is 0 Å². The highest BCUT2D eigenvalue weighted by molar-refractivity contribution is 5.78. The number of likely N-dealkylation sites (tertiary alicyclic amines) is 1. The fraction of sp³-hybridized carbons (Fsp3) is 0.833. The summed E-state index contributed by atoms with van der Waals surface area (Å²) in [6.45, 7) is 0.00222. The minimum absolute atomic E-state index is 0.00222. The maximum Gasteiger partial charge on any atom is 0.222 e. The van der Waals surface area contributed by atoms with Crippen molar-refractivity contribution in [3.8, 4) is 0 Å². The van der Waals surface area contributed by atoms with Crippen LogP contribution in [0.1, 0.15) is 12.8 Å². The highest BCUT2D eigenvalue weighted by atomic mass is 19.3. The third-order valence-corrected chi connectivity index (χ3v) is 1.89. The van der Waals surface area contributed by atoms with Crippen molar-refractivity contribution in [1.82, 2.24) is 4.90 Å². The first-order valence-electron chi connectivity index (χ1n) is 3.25. The maximum atomic E-state index is 11.3. The van der Waals surface area contributed by atoms with Gasteiger partial charge in [0.1, 0.15) is 6.61 Å². The van der Waals surface area contributed by atoms with Crippen molar-refractivity contribution in [2.24, 2.45) is 0 Å². The lowest BCUT2D eigenvalue weighted by Crippen LogP contribution is -2.31. The van der Waals surface area contributed by atoms with Gasteiger partial charge in [-0.2, -0.15) is 4.94 Å². The molecule has 1 aliphatic heterocycles. The Bertz CT molecular complexity index is 140. The van der Waals surface area contributed by atoms with Crippen LogP contribution in [0.15, 0.2) is 0 Å². The van der Waals surface area contributed by atoms with E-state index in [0.717, 1.165) is 0 Å². The van der Waals surface area contributed by atoms with Gasteiger partial charge >= 0.3 is 0 Å². The number of halogens is 1. The predicted octanol–water partition coefficient (Wildman–Crippen LogP) is 0.508. The molecule has 1 rings (SSSR count). The van der Waals surface area contributed by atoms with E-state index in [2.05, 4.69) is 4.94 Å². The zero-order valence-electron chi connectivity index (χ0n) is 5.84. The molecule has 0 N–H and O–H groups in total. The minimum atomic E-state index is -0.0579. The third kappa shape index (κ3) is 1.26. The van der Waals surface area contributed by atoms with Crippen molar-refractivity contribution in [1.29, 1.82) is 0 Å². The van der Waals surface area contributed by atoms with Gasteiger partial charge in [0.05, 0.1) is 6.04 Å². The predicted molar refractivity (Wildman–Crippen MR) is 32.9 cm³/mol. The molecule has 0 bridgehead atoms. The van der Waals surface area contributed by atoms with Crippen LogP contribution in [-0.4, -0.2) is 30.5 Å². The van der Waals surface area contributed by atoms with E-state index in [1.54, 1.807) is 7.05 Å². The Labute approximate surface area is 58.7 Å². The Morgan fingerprint density at radius 3 is 3.00 bits per heavy atom. The molecule has 0 saturated carbocycles. The van der Waals surface area contributed by atoms with E-state index in [4.69, 9.17) is 0 Å². The number of carbonyl (C=O) groups excluding carboxylic acids is 1. The zero-order chi connectivity index (χ0) is 7.56. The topological polar surface area (TPSA) is 29.5 Å². The summed E-state index contributed by atoms with van der Waals surface area (Å²) in [5, 5.41) is 0. The SMILES string of the molecule is CN1C(=O)CC[C@H]1COF. The minimum Gasteiger partial charge on any atom is -0.340 e. The number of hydrogen-bond donors (Lipinski definition) is 0. The highest BCUT2D eigenvalue weighted by Gasteiger charge is 2.27. The highest BCUT2D eigenvalue weighted by Crippen LogP contribution is 2.16. The van der Waals surface area contributed by atoms with E-state index in [-0.39, 0.29) is 18.6 Å². The summed E-state index contributed by atoms with van der Waals surface area (Å²) in [6, 6.07) is -0.0579.